The third-order valence-corrected chi connectivity index (χ3v) is 3.00. The molecule has 0 atom stereocenters. The monoisotopic (exact) mass is 278 g/mol. The van der Waals surface area contributed by atoms with Crippen LogP contribution < -0.4 is 11.1 Å². The van der Waals surface area contributed by atoms with Crippen molar-refractivity contribution in [2.24, 2.45) is 5.73 Å². The summed E-state index contributed by atoms with van der Waals surface area (Å²) in [6, 6.07) is 7.29. The summed E-state index contributed by atoms with van der Waals surface area (Å²) in [7, 11) is 1.39. The molecule has 0 heterocycles. The second-order valence-corrected chi connectivity index (χ2v) is 4.55. The average molecular weight is 278 g/mol. The molecule has 20 heavy (non-hydrogen) atoms. The van der Waals surface area contributed by atoms with Crippen molar-refractivity contribution in [1.82, 2.24) is 5.32 Å². The van der Waals surface area contributed by atoms with Gasteiger partial charge in [-0.3, -0.25) is 9.59 Å². The molecule has 0 saturated carbocycles. The lowest BCUT2D eigenvalue weighted by molar-refractivity contribution is -0.140. The van der Waals surface area contributed by atoms with Crippen molar-refractivity contribution in [2.75, 3.05) is 13.7 Å². The van der Waals surface area contributed by atoms with Crippen molar-refractivity contribution in [1.29, 1.82) is 0 Å². The minimum absolute atomic E-state index is 0.0896. The highest BCUT2D eigenvalue weighted by atomic mass is 16.5. The van der Waals surface area contributed by atoms with Gasteiger partial charge in [0.2, 0.25) is 0 Å². The van der Waals surface area contributed by atoms with E-state index in [4.69, 9.17) is 5.73 Å². The maximum absolute atomic E-state index is 11.9. The van der Waals surface area contributed by atoms with Crippen LogP contribution in [0.15, 0.2) is 24.3 Å². The molecule has 1 aromatic carbocycles. The minimum atomic E-state index is -0.187. The van der Waals surface area contributed by atoms with Gasteiger partial charge < -0.3 is 15.8 Å². The summed E-state index contributed by atoms with van der Waals surface area (Å²) in [5.41, 5.74) is 7.11. The van der Waals surface area contributed by atoms with E-state index in [0.717, 1.165) is 24.8 Å². The number of carbonyl (C=O) groups is 2. The third kappa shape index (κ3) is 5.84. The van der Waals surface area contributed by atoms with Gasteiger partial charge in [-0.1, -0.05) is 18.6 Å². The summed E-state index contributed by atoms with van der Waals surface area (Å²) < 4.78 is 4.56. The number of hydrogen-bond donors (Lipinski definition) is 2. The Morgan fingerprint density at radius 2 is 2.05 bits per heavy atom. The molecule has 0 aromatic heterocycles. The maximum atomic E-state index is 11.9. The Bertz CT molecular complexity index is 446. The molecule has 0 aliphatic rings. The Morgan fingerprint density at radius 1 is 1.25 bits per heavy atom. The van der Waals surface area contributed by atoms with E-state index in [1.54, 1.807) is 12.1 Å². The number of nitrogens with one attached hydrogen (secondary N) is 1. The number of methoxy groups -OCH3 is 1. The first kappa shape index (κ1) is 16.2. The van der Waals surface area contributed by atoms with E-state index in [0.29, 0.717) is 25.1 Å². The summed E-state index contributed by atoms with van der Waals surface area (Å²) in [5.74, 6) is -0.277. The fourth-order valence-corrected chi connectivity index (χ4v) is 1.82. The normalized spacial score (nSPS) is 10.1. The van der Waals surface area contributed by atoms with Crippen LogP contribution in [0.25, 0.3) is 0 Å². The van der Waals surface area contributed by atoms with Crippen molar-refractivity contribution < 1.29 is 14.3 Å². The number of benzene rings is 1. The van der Waals surface area contributed by atoms with Gasteiger partial charge in [-0.15, -0.1) is 0 Å². The smallest absolute Gasteiger partial charge is 0.305 e. The van der Waals surface area contributed by atoms with Gasteiger partial charge >= 0.3 is 5.97 Å². The molecule has 3 N–H and O–H groups in total. The van der Waals surface area contributed by atoms with Crippen LogP contribution in [0.2, 0.25) is 0 Å². The van der Waals surface area contributed by atoms with E-state index in [1.807, 2.05) is 12.1 Å². The van der Waals surface area contributed by atoms with Crippen LogP contribution in [0.5, 0.6) is 0 Å². The molecule has 0 aliphatic heterocycles. The van der Waals surface area contributed by atoms with Gasteiger partial charge in [0.05, 0.1) is 7.11 Å². The third-order valence-electron chi connectivity index (χ3n) is 3.00. The number of esters is 1. The number of amides is 1. The molecule has 5 heteroatoms. The Morgan fingerprint density at radius 3 is 2.75 bits per heavy atom. The van der Waals surface area contributed by atoms with Gasteiger partial charge in [-0.25, -0.2) is 0 Å². The van der Waals surface area contributed by atoms with E-state index < -0.39 is 0 Å². The molecule has 0 bridgehead atoms. The number of carbonyl (C=O) groups excluding carboxylic acids is 2. The number of hydrogen-bond acceptors (Lipinski definition) is 4. The molecule has 0 saturated heterocycles. The zero-order chi connectivity index (χ0) is 14.8. The molecule has 1 aromatic rings. The molecule has 0 aliphatic carbocycles. The molecular weight excluding hydrogens is 256 g/mol. The van der Waals surface area contributed by atoms with Crippen LogP contribution in [-0.4, -0.2) is 25.5 Å². The second kappa shape index (κ2) is 9.09. The van der Waals surface area contributed by atoms with Crippen LogP contribution in [0.3, 0.4) is 0 Å². The summed E-state index contributed by atoms with van der Waals surface area (Å²) in [6.45, 7) is 1.03. The van der Waals surface area contributed by atoms with Gasteiger partial charge in [-0.2, -0.15) is 0 Å². The highest BCUT2D eigenvalue weighted by Gasteiger charge is 2.05. The highest BCUT2D eigenvalue weighted by molar-refractivity contribution is 5.94. The van der Waals surface area contributed by atoms with Crippen molar-refractivity contribution in [3.63, 3.8) is 0 Å². The maximum Gasteiger partial charge on any atom is 0.305 e. The molecule has 0 fully saturated rings. The largest absolute Gasteiger partial charge is 0.469 e. The summed E-state index contributed by atoms with van der Waals surface area (Å²) in [5, 5.41) is 2.86. The second-order valence-electron chi connectivity index (χ2n) is 4.55. The molecular formula is C15H22N2O3. The van der Waals surface area contributed by atoms with Gasteiger partial charge in [0.25, 0.3) is 5.91 Å². The Labute approximate surface area is 119 Å². The van der Waals surface area contributed by atoms with Crippen molar-refractivity contribution in [3.8, 4) is 0 Å². The zero-order valence-electron chi connectivity index (χ0n) is 11.9. The van der Waals surface area contributed by atoms with Crippen molar-refractivity contribution >= 4 is 11.9 Å². The topological polar surface area (TPSA) is 81.4 Å². The molecule has 110 valence electrons. The van der Waals surface area contributed by atoms with Crippen LogP contribution in [0.1, 0.15) is 41.6 Å². The number of ether oxygens (including phenoxy) is 1. The zero-order valence-corrected chi connectivity index (χ0v) is 11.9. The number of rotatable bonds is 8. The van der Waals surface area contributed by atoms with Gasteiger partial charge in [0, 0.05) is 25.1 Å². The predicted octanol–water partition coefficient (Wildman–Crippen LogP) is 1.61. The van der Waals surface area contributed by atoms with Gasteiger partial charge in [0.1, 0.15) is 0 Å². The molecule has 0 unspecified atom stereocenters. The standard InChI is InChI=1S/C15H22N2O3/c1-20-14(18)8-3-2-4-9-17-15(19)13-7-5-6-12(10-13)11-16/h5-7,10H,2-4,8-9,11,16H2,1H3,(H,17,19). The van der Waals surface area contributed by atoms with Crippen LogP contribution in [0.4, 0.5) is 0 Å². The van der Waals surface area contributed by atoms with Crippen molar-refractivity contribution in [2.45, 2.75) is 32.2 Å². The average Bonchev–Trinajstić information content (AvgIpc) is 2.50. The molecule has 5 nitrogen and oxygen atoms in total. The lowest BCUT2D eigenvalue weighted by Crippen LogP contribution is -2.24. The van der Waals surface area contributed by atoms with E-state index >= 15 is 0 Å². The van der Waals surface area contributed by atoms with Crippen LogP contribution in [0, 0.1) is 0 Å². The van der Waals surface area contributed by atoms with E-state index in [2.05, 4.69) is 10.1 Å². The van der Waals surface area contributed by atoms with Crippen LogP contribution >= 0.6 is 0 Å². The molecule has 0 radical (unpaired) electrons. The van der Waals surface area contributed by atoms with Gasteiger partial charge in [-0.05, 0) is 30.5 Å². The Hall–Kier alpha value is -1.88. The fourth-order valence-electron chi connectivity index (χ4n) is 1.82. The summed E-state index contributed by atoms with van der Waals surface area (Å²) in [6.07, 6.45) is 2.95. The quantitative estimate of drug-likeness (QED) is 0.559. The fraction of sp³-hybridized carbons (Fsp3) is 0.467. The first-order valence-electron chi connectivity index (χ1n) is 6.81. The predicted molar refractivity (Wildman–Crippen MR) is 77.2 cm³/mol. The SMILES string of the molecule is COC(=O)CCCCCNC(=O)c1cccc(CN)c1. The number of nitrogens with two attached hydrogens (primary N) is 1. The summed E-state index contributed by atoms with van der Waals surface area (Å²) in [4.78, 5) is 22.8. The first-order chi connectivity index (χ1) is 9.67. The summed E-state index contributed by atoms with van der Waals surface area (Å²) >= 11 is 0. The molecule has 0 spiro atoms. The Kier molecular flexibility index (Phi) is 7.35. The minimum Gasteiger partial charge on any atom is -0.469 e. The van der Waals surface area contributed by atoms with Crippen LogP contribution in [-0.2, 0) is 16.1 Å². The lowest BCUT2D eigenvalue weighted by Gasteiger charge is -2.06. The van der Waals surface area contributed by atoms with Crippen molar-refractivity contribution in [3.05, 3.63) is 35.4 Å². The van der Waals surface area contributed by atoms with E-state index in [1.165, 1.54) is 7.11 Å². The highest BCUT2D eigenvalue weighted by Crippen LogP contribution is 2.05. The van der Waals surface area contributed by atoms with Gasteiger partial charge in [0.15, 0.2) is 0 Å². The number of unbranched alkanes of at least 4 members (excludes halogenated alkanes) is 2. The molecule has 1 rings (SSSR count). The Balaban J connectivity index is 2.21. The van der Waals surface area contributed by atoms with E-state index in [9.17, 15) is 9.59 Å². The first-order valence-corrected chi connectivity index (χ1v) is 6.81. The van der Waals surface area contributed by atoms with E-state index in [-0.39, 0.29) is 11.9 Å². The molecule has 1 amide bonds. The lowest BCUT2D eigenvalue weighted by atomic mass is 10.1.